The van der Waals surface area contributed by atoms with Crippen LogP contribution in [0.5, 0.6) is 0 Å². The predicted molar refractivity (Wildman–Crippen MR) is 111 cm³/mol. The monoisotopic (exact) mass is 377 g/mol. The molecule has 0 radical (unpaired) electrons. The predicted octanol–water partition coefficient (Wildman–Crippen LogP) is 4.17. The topological polar surface area (TPSA) is 36.7 Å². The van der Waals surface area contributed by atoms with Gasteiger partial charge in [0.15, 0.2) is 5.65 Å². The molecule has 0 saturated carbocycles. The van der Waals surface area contributed by atoms with Crippen molar-refractivity contribution in [2.24, 2.45) is 0 Å². The molecule has 0 atom stereocenters. The van der Waals surface area contributed by atoms with E-state index in [0.717, 1.165) is 65.0 Å². The van der Waals surface area contributed by atoms with E-state index in [1.807, 2.05) is 35.7 Å². The smallest absolute Gasteiger partial charge is 0.158 e. The van der Waals surface area contributed by atoms with Gasteiger partial charge in [0.05, 0.1) is 21.9 Å². The zero-order chi connectivity index (χ0) is 18.4. The van der Waals surface area contributed by atoms with E-state index in [-0.39, 0.29) is 0 Å². The molecular formula is C21H20ClN5. The molecule has 3 heterocycles. The van der Waals surface area contributed by atoms with E-state index in [4.69, 9.17) is 16.6 Å². The molecule has 0 spiro atoms. The van der Waals surface area contributed by atoms with E-state index >= 15 is 0 Å². The fraction of sp³-hybridized carbons (Fsp3) is 0.238. The molecule has 0 N–H and O–H groups in total. The van der Waals surface area contributed by atoms with E-state index < -0.39 is 0 Å². The van der Waals surface area contributed by atoms with Gasteiger partial charge in [-0.3, -0.25) is 0 Å². The molecule has 2 aromatic carbocycles. The fourth-order valence-corrected chi connectivity index (χ4v) is 4.12. The molecule has 6 heteroatoms. The number of fused-ring (bicyclic) bond motifs is 3. The number of nitrogens with zero attached hydrogens (tertiary/aromatic N) is 5. The van der Waals surface area contributed by atoms with Crippen molar-refractivity contribution in [3.05, 3.63) is 65.3 Å². The zero-order valence-electron chi connectivity index (χ0n) is 15.1. The number of benzene rings is 2. The van der Waals surface area contributed by atoms with Crippen LogP contribution in [-0.4, -0.2) is 40.8 Å². The molecule has 136 valence electrons. The van der Waals surface area contributed by atoms with Crippen molar-refractivity contribution in [1.82, 2.24) is 14.6 Å². The number of para-hydroxylation sites is 2. The summed E-state index contributed by atoms with van der Waals surface area (Å²) >= 11 is 6.38. The second-order valence-electron chi connectivity index (χ2n) is 6.93. The Morgan fingerprint density at radius 3 is 2.41 bits per heavy atom. The highest BCUT2D eigenvalue weighted by Crippen LogP contribution is 2.30. The van der Waals surface area contributed by atoms with Gasteiger partial charge in [0.1, 0.15) is 5.82 Å². The van der Waals surface area contributed by atoms with Gasteiger partial charge in [-0.05, 0) is 31.2 Å². The van der Waals surface area contributed by atoms with Crippen LogP contribution >= 0.6 is 11.6 Å². The van der Waals surface area contributed by atoms with Crippen LogP contribution in [0.1, 0.15) is 5.69 Å². The van der Waals surface area contributed by atoms with Crippen LogP contribution < -0.4 is 9.80 Å². The van der Waals surface area contributed by atoms with Gasteiger partial charge in [0, 0.05) is 37.6 Å². The first-order valence-electron chi connectivity index (χ1n) is 9.20. The molecule has 2 aromatic heterocycles. The van der Waals surface area contributed by atoms with Crippen molar-refractivity contribution in [2.75, 3.05) is 36.0 Å². The van der Waals surface area contributed by atoms with E-state index in [1.54, 1.807) is 0 Å². The highest BCUT2D eigenvalue weighted by Gasteiger charge is 2.22. The molecule has 27 heavy (non-hydrogen) atoms. The quantitative estimate of drug-likeness (QED) is 0.525. The Bertz CT molecular complexity index is 1130. The van der Waals surface area contributed by atoms with Gasteiger partial charge in [-0.25, -0.2) is 9.50 Å². The highest BCUT2D eigenvalue weighted by molar-refractivity contribution is 6.33. The fourth-order valence-electron chi connectivity index (χ4n) is 3.87. The SMILES string of the molecule is Cc1cc2nc(N3CCN(c4ccccc4Cl)CC3)c3ccccc3n2n1. The Kier molecular flexibility index (Phi) is 3.90. The summed E-state index contributed by atoms with van der Waals surface area (Å²) in [6.07, 6.45) is 0. The summed E-state index contributed by atoms with van der Waals surface area (Å²) in [6, 6.07) is 18.5. The molecule has 0 aliphatic carbocycles. The number of piperazine rings is 1. The maximum absolute atomic E-state index is 6.38. The van der Waals surface area contributed by atoms with E-state index in [2.05, 4.69) is 45.2 Å². The molecule has 5 rings (SSSR count). The highest BCUT2D eigenvalue weighted by atomic mass is 35.5. The van der Waals surface area contributed by atoms with Crippen molar-refractivity contribution in [3.8, 4) is 0 Å². The van der Waals surface area contributed by atoms with Crippen molar-refractivity contribution in [1.29, 1.82) is 0 Å². The Balaban J connectivity index is 1.50. The zero-order valence-corrected chi connectivity index (χ0v) is 15.9. The van der Waals surface area contributed by atoms with Crippen molar-refractivity contribution < 1.29 is 0 Å². The Hall–Kier alpha value is -2.79. The normalized spacial score (nSPS) is 15.0. The Morgan fingerprint density at radius 1 is 0.889 bits per heavy atom. The van der Waals surface area contributed by atoms with Gasteiger partial charge in [0.2, 0.25) is 0 Å². The molecule has 1 saturated heterocycles. The third-order valence-electron chi connectivity index (χ3n) is 5.18. The summed E-state index contributed by atoms with van der Waals surface area (Å²) in [5.41, 5.74) is 4.08. The third kappa shape index (κ3) is 2.79. The molecule has 5 nitrogen and oxygen atoms in total. The standard InChI is InChI=1S/C21H20ClN5/c1-15-14-20-23-21(16-6-2-4-8-18(16)27(20)24-15)26-12-10-25(11-13-26)19-9-5-3-7-17(19)22/h2-9,14H,10-13H2,1H3. The van der Waals surface area contributed by atoms with Crippen molar-refractivity contribution in [2.45, 2.75) is 6.92 Å². The average molecular weight is 378 g/mol. The van der Waals surface area contributed by atoms with Gasteiger partial charge in [-0.15, -0.1) is 0 Å². The molecule has 4 aromatic rings. The summed E-state index contributed by atoms with van der Waals surface area (Å²) in [6.45, 7) is 5.66. The molecule has 1 fully saturated rings. The molecule has 0 unspecified atom stereocenters. The van der Waals surface area contributed by atoms with E-state index in [0.29, 0.717) is 0 Å². The number of aryl methyl sites for hydroxylation is 1. The number of anilines is 2. The van der Waals surface area contributed by atoms with Gasteiger partial charge < -0.3 is 9.80 Å². The minimum atomic E-state index is 0.811. The lowest BCUT2D eigenvalue weighted by Crippen LogP contribution is -2.47. The maximum atomic E-state index is 6.38. The van der Waals surface area contributed by atoms with Crippen molar-refractivity contribution >= 4 is 39.7 Å². The second kappa shape index (κ2) is 6.43. The van der Waals surface area contributed by atoms with Gasteiger partial charge >= 0.3 is 0 Å². The van der Waals surface area contributed by atoms with Crippen LogP contribution in [-0.2, 0) is 0 Å². The molecule has 1 aliphatic heterocycles. The lowest BCUT2D eigenvalue weighted by atomic mass is 10.2. The van der Waals surface area contributed by atoms with Crippen molar-refractivity contribution in [3.63, 3.8) is 0 Å². The molecule has 0 amide bonds. The summed E-state index contributed by atoms with van der Waals surface area (Å²) in [5, 5.41) is 6.55. The Labute approximate surface area is 162 Å². The number of rotatable bonds is 2. The minimum Gasteiger partial charge on any atom is -0.367 e. The average Bonchev–Trinajstić information content (AvgIpc) is 3.08. The van der Waals surface area contributed by atoms with Gasteiger partial charge in [-0.2, -0.15) is 5.10 Å². The minimum absolute atomic E-state index is 0.811. The summed E-state index contributed by atoms with van der Waals surface area (Å²) in [4.78, 5) is 9.67. The van der Waals surface area contributed by atoms with Crippen LogP contribution in [0.4, 0.5) is 11.5 Å². The lowest BCUT2D eigenvalue weighted by molar-refractivity contribution is 0.649. The third-order valence-corrected chi connectivity index (χ3v) is 5.50. The summed E-state index contributed by atoms with van der Waals surface area (Å²) < 4.78 is 1.94. The summed E-state index contributed by atoms with van der Waals surface area (Å²) in [5.74, 6) is 1.04. The molecule has 0 bridgehead atoms. The first-order valence-corrected chi connectivity index (χ1v) is 9.58. The number of aromatic nitrogens is 3. The van der Waals surface area contributed by atoms with Crippen LogP contribution in [0.15, 0.2) is 54.6 Å². The van der Waals surface area contributed by atoms with Crippen LogP contribution in [0, 0.1) is 6.92 Å². The molecule has 1 aliphatic rings. The number of hydrogen-bond donors (Lipinski definition) is 0. The van der Waals surface area contributed by atoms with Crippen LogP contribution in [0.2, 0.25) is 5.02 Å². The maximum Gasteiger partial charge on any atom is 0.158 e. The second-order valence-corrected chi connectivity index (χ2v) is 7.34. The first kappa shape index (κ1) is 16.4. The largest absolute Gasteiger partial charge is 0.367 e. The Morgan fingerprint density at radius 2 is 1.59 bits per heavy atom. The lowest BCUT2D eigenvalue weighted by Gasteiger charge is -2.37. The number of hydrogen-bond acceptors (Lipinski definition) is 4. The first-order chi connectivity index (χ1) is 13.2. The van der Waals surface area contributed by atoms with Gasteiger partial charge in [-0.1, -0.05) is 35.9 Å². The van der Waals surface area contributed by atoms with E-state index in [9.17, 15) is 0 Å². The van der Waals surface area contributed by atoms with Crippen LogP contribution in [0.3, 0.4) is 0 Å². The summed E-state index contributed by atoms with van der Waals surface area (Å²) in [7, 11) is 0. The van der Waals surface area contributed by atoms with Gasteiger partial charge in [0.25, 0.3) is 0 Å². The van der Waals surface area contributed by atoms with E-state index in [1.165, 1.54) is 0 Å². The van der Waals surface area contributed by atoms with Crippen LogP contribution in [0.25, 0.3) is 16.6 Å². The number of halogens is 1. The molecular weight excluding hydrogens is 358 g/mol.